The molecular formula is C19H25BrN2O2. The van der Waals surface area contributed by atoms with Crippen LogP contribution in [0.25, 0.3) is 0 Å². The number of likely N-dealkylation sites (N-methyl/N-ethyl adjacent to an activating group) is 1. The summed E-state index contributed by atoms with van der Waals surface area (Å²) < 4.78 is 1.05. The molecule has 4 rings (SSSR count). The maximum absolute atomic E-state index is 13.1. The fraction of sp³-hybridized carbons (Fsp3) is 0.632. The molecule has 2 aliphatic heterocycles. The smallest absolute Gasteiger partial charge is 0.226 e. The van der Waals surface area contributed by atoms with Gasteiger partial charge in [-0.25, -0.2) is 0 Å². The van der Waals surface area contributed by atoms with Crippen LogP contribution in [-0.4, -0.2) is 42.2 Å². The van der Waals surface area contributed by atoms with Crippen LogP contribution in [0.3, 0.4) is 0 Å². The quantitative estimate of drug-likeness (QED) is 0.838. The summed E-state index contributed by atoms with van der Waals surface area (Å²) >= 11 is 3.59. The van der Waals surface area contributed by atoms with Crippen molar-refractivity contribution in [3.05, 3.63) is 28.2 Å². The zero-order chi connectivity index (χ0) is 16.8. The number of hydrogen-bond donors (Lipinski definition) is 1. The molecule has 130 valence electrons. The molecule has 0 unspecified atom stereocenters. The van der Waals surface area contributed by atoms with Crippen molar-refractivity contribution in [3.63, 3.8) is 0 Å². The predicted octanol–water partition coefficient (Wildman–Crippen LogP) is 3.34. The highest BCUT2D eigenvalue weighted by Crippen LogP contribution is 2.49. The molecule has 3 atom stereocenters. The molecule has 2 heterocycles. The van der Waals surface area contributed by atoms with E-state index in [1.807, 2.05) is 6.07 Å². The Hall–Kier alpha value is -1.07. The van der Waals surface area contributed by atoms with E-state index in [-0.39, 0.29) is 24.6 Å². The first-order valence-electron chi connectivity index (χ1n) is 9.05. The number of aliphatic hydroxyl groups excluding tert-OH is 1. The van der Waals surface area contributed by atoms with E-state index in [4.69, 9.17) is 0 Å². The van der Waals surface area contributed by atoms with Crippen LogP contribution < -0.4 is 4.90 Å². The van der Waals surface area contributed by atoms with Crippen molar-refractivity contribution in [2.75, 3.05) is 25.1 Å². The third-order valence-corrected chi connectivity index (χ3v) is 6.79. The largest absolute Gasteiger partial charge is 0.394 e. The standard InChI is InChI=1S/C19H25BrN2O2/c1-21-16-7-6-13(20)10-15(16)18-14(17(21)11-23)8-9-22(18)19(24)12-4-2-3-5-12/h6-7,10,12,14,17-18,23H,2-5,8-9,11H2,1H3/t14-,17-,18-/m0/s1. The number of nitrogens with zero attached hydrogens (tertiary/aromatic N) is 2. The van der Waals surface area contributed by atoms with Crippen LogP contribution in [0.2, 0.25) is 0 Å². The Morgan fingerprint density at radius 2 is 2.04 bits per heavy atom. The van der Waals surface area contributed by atoms with E-state index >= 15 is 0 Å². The van der Waals surface area contributed by atoms with Gasteiger partial charge in [-0.3, -0.25) is 4.79 Å². The molecule has 1 aliphatic carbocycles. The molecule has 2 fully saturated rings. The number of amides is 1. The summed E-state index contributed by atoms with van der Waals surface area (Å²) in [6.07, 6.45) is 5.43. The third-order valence-electron chi connectivity index (χ3n) is 6.30. The van der Waals surface area contributed by atoms with Crippen LogP contribution >= 0.6 is 15.9 Å². The average Bonchev–Trinajstić information content (AvgIpc) is 3.24. The summed E-state index contributed by atoms with van der Waals surface area (Å²) in [4.78, 5) is 17.4. The molecule has 1 amide bonds. The van der Waals surface area contributed by atoms with Gasteiger partial charge in [0.05, 0.1) is 18.7 Å². The topological polar surface area (TPSA) is 43.8 Å². The van der Waals surface area contributed by atoms with E-state index in [9.17, 15) is 9.90 Å². The number of carbonyl (C=O) groups is 1. The van der Waals surface area contributed by atoms with Crippen LogP contribution in [0.1, 0.15) is 43.7 Å². The number of aliphatic hydroxyl groups is 1. The van der Waals surface area contributed by atoms with Crippen molar-refractivity contribution < 1.29 is 9.90 Å². The highest BCUT2D eigenvalue weighted by Gasteiger charge is 2.48. The van der Waals surface area contributed by atoms with Gasteiger partial charge in [0.2, 0.25) is 5.91 Å². The normalized spacial score (nSPS) is 29.7. The van der Waals surface area contributed by atoms with Crippen molar-refractivity contribution in [2.45, 2.75) is 44.2 Å². The van der Waals surface area contributed by atoms with Gasteiger partial charge in [-0.2, -0.15) is 0 Å². The Morgan fingerprint density at radius 1 is 1.29 bits per heavy atom. The third kappa shape index (κ3) is 2.48. The highest BCUT2D eigenvalue weighted by molar-refractivity contribution is 9.10. The second-order valence-corrected chi connectivity index (χ2v) is 8.39. The van der Waals surface area contributed by atoms with Gasteiger partial charge < -0.3 is 14.9 Å². The minimum absolute atomic E-state index is 0.0880. The Labute approximate surface area is 152 Å². The summed E-state index contributed by atoms with van der Waals surface area (Å²) in [6.45, 7) is 0.958. The molecule has 4 nitrogen and oxygen atoms in total. The van der Waals surface area contributed by atoms with Crippen molar-refractivity contribution in [1.29, 1.82) is 0 Å². The van der Waals surface area contributed by atoms with Gasteiger partial charge in [-0.15, -0.1) is 0 Å². The van der Waals surface area contributed by atoms with E-state index in [0.717, 1.165) is 36.0 Å². The van der Waals surface area contributed by atoms with E-state index in [1.54, 1.807) is 0 Å². The van der Waals surface area contributed by atoms with Crippen LogP contribution in [0.4, 0.5) is 5.69 Å². The first-order chi connectivity index (χ1) is 11.6. The van der Waals surface area contributed by atoms with Gasteiger partial charge in [0.15, 0.2) is 0 Å². The Bertz CT molecular complexity index is 644. The van der Waals surface area contributed by atoms with Crippen molar-refractivity contribution in [2.24, 2.45) is 11.8 Å². The first kappa shape index (κ1) is 16.4. The van der Waals surface area contributed by atoms with Gasteiger partial charge in [-0.1, -0.05) is 28.8 Å². The number of benzene rings is 1. The minimum Gasteiger partial charge on any atom is -0.394 e. The summed E-state index contributed by atoms with van der Waals surface area (Å²) in [5.74, 6) is 0.867. The lowest BCUT2D eigenvalue weighted by atomic mass is 9.82. The van der Waals surface area contributed by atoms with Crippen LogP contribution in [0.15, 0.2) is 22.7 Å². The Balaban J connectivity index is 1.74. The number of anilines is 1. The summed E-state index contributed by atoms with van der Waals surface area (Å²) in [7, 11) is 2.06. The summed E-state index contributed by atoms with van der Waals surface area (Å²) in [6, 6.07) is 6.51. The van der Waals surface area contributed by atoms with Crippen molar-refractivity contribution in [1.82, 2.24) is 4.90 Å². The Kier molecular flexibility index (Phi) is 4.33. The van der Waals surface area contributed by atoms with E-state index < -0.39 is 0 Å². The Morgan fingerprint density at radius 3 is 2.75 bits per heavy atom. The molecular weight excluding hydrogens is 368 g/mol. The molecule has 0 aromatic heterocycles. The molecule has 1 N–H and O–H groups in total. The second kappa shape index (κ2) is 6.34. The number of likely N-dealkylation sites (tertiary alicyclic amines) is 1. The lowest BCUT2D eigenvalue weighted by molar-refractivity contribution is -0.136. The molecule has 1 saturated carbocycles. The zero-order valence-corrected chi connectivity index (χ0v) is 15.7. The first-order valence-corrected chi connectivity index (χ1v) is 9.84. The zero-order valence-electron chi connectivity index (χ0n) is 14.1. The van der Waals surface area contributed by atoms with Crippen molar-refractivity contribution in [3.8, 4) is 0 Å². The van der Waals surface area contributed by atoms with Crippen LogP contribution in [0.5, 0.6) is 0 Å². The number of fused-ring (bicyclic) bond motifs is 3. The fourth-order valence-electron chi connectivity index (χ4n) is 5.08. The molecule has 0 radical (unpaired) electrons. The van der Waals surface area contributed by atoms with Gasteiger partial charge >= 0.3 is 0 Å². The lowest BCUT2D eigenvalue weighted by Crippen LogP contribution is -2.48. The predicted molar refractivity (Wildman–Crippen MR) is 97.9 cm³/mol. The summed E-state index contributed by atoms with van der Waals surface area (Å²) in [5.41, 5.74) is 2.37. The van der Waals surface area contributed by atoms with Crippen LogP contribution in [-0.2, 0) is 4.79 Å². The van der Waals surface area contributed by atoms with E-state index in [0.29, 0.717) is 11.8 Å². The maximum atomic E-state index is 13.1. The molecule has 24 heavy (non-hydrogen) atoms. The van der Waals surface area contributed by atoms with Crippen LogP contribution in [0, 0.1) is 11.8 Å². The number of rotatable bonds is 2. The molecule has 3 aliphatic rings. The molecule has 1 aromatic carbocycles. The number of hydrogen-bond acceptors (Lipinski definition) is 3. The van der Waals surface area contributed by atoms with Gasteiger partial charge in [0.1, 0.15) is 0 Å². The monoisotopic (exact) mass is 392 g/mol. The molecule has 0 spiro atoms. The van der Waals surface area contributed by atoms with E-state index in [1.165, 1.54) is 18.4 Å². The average molecular weight is 393 g/mol. The molecule has 5 heteroatoms. The molecule has 0 bridgehead atoms. The molecule has 1 aromatic rings. The van der Waals surface area contributed by atoms with Crippen molar-refractivity contribution >= 4 is 27.5 Å². The van der Waals surface area contributed by atoms with Gasteiger partial charge in [0.25, 0.3) is 0 Å². The SMILES string of the molecule is CN1c2ccc(Br)cc2[C@@H]2[C@@H](CCN2C(=O)C2CCCC2)[C@@H]1CO. The second-order valence-electron chi connectivity index (χ2n) is 7.47. The lowest BCUT2D eigenvalue weighted by Gasteiger charge is -2.44. The molecule has 1 saturated heterocycles. The number of carbonyl (C=O) groups excluding carboxylic acids is 1. The van der Waals surface area contributed by atoms with E-state index in [2.05, 4.69) is 44.9 Å². The highest BCUT2D eigenvalue weighted by atomic mass is 79.9. The number of halogens is 1. The fourth-order valence-corrected chi connectivity index (χ4v) is 5.46. The summed E-state index contributed by atoms with van der Waals surface area (Å²) in [5, 5.41) is 9.97. The van der Waals surface area contributed by atoms with Gasteiger partial charge in [0, 0.05) is 35.6 Å². The minimum atomic E-state index is 0.0880. The van der Waals surface area contributed by atoms with Gasteiger partial charge in [-0.05, 0) is 43.0 Å². The maximum Gasteiger partial charge on any atom is 0.226 e.